The largest absolute Gasteiger partial charge is 0.354 e. The van der Waals surface area contributed by atoms with Crippen LogP contribution in [0.2, 0.25) is 0 Å². The molecule has 7 heteroatoms. The van der Waals surface area contributed by atoms with E-state index in [4.69, 9.17) is 0 Å². The van der Waals surface area contributed by atoms with Crippen LogP contribution < -0.4 is 10.0 Å². The highest BCUT2D eigenvalue weighted by Crippen LogP contribution is 2.19. The van der Waals surface area contributed by atoms with Crippen LogP contribution in [0.25, 0.3) is 6.08 Å². The van der Waals surface area contributed by atoms with Gasteiger partial charge >= 0.3 is 0 Å². The fourth-order valence-electron chi connectivity index (χ4n) is 3.11. The highest BCUT2D eigenvalue weighted by molar-refractivity contribution is 7.88. The van der Waals surface area contributed by atoms with E-state index in [1.807, 2.05) is 19.9 Å². The van der Waals surface area contributed by atoms with E-state index in [1.165, 1.54) is 17.4 Å². The lowest BCUT2D eigenvalue weighted by Crippen LogP contribution is -2.54. The standard InChI is InChI=1S/C19H30N4O2S/c1-19(2,22-26(4,24)25)15-21-18(20-3)23-12-10-17(11-13-23)14-16-8-6-5-7-9-16/h5-9,14,22H,10-13,15H2,1-4H3,(H,20,21). The van der Waals surface area contributed by atoms with Crippen LogP contribution in [0.15, 0.2) is 40.9 Å². The molecule has 0 aromatic heterocycles. The van der Waals surface area contributed by atoms with Gasteiger partial charge in [0.05, 0.1) is 6.26 Å². The van der Waals surface area contributed by atoms with Crippen LogP contribution in [0.3, 0.4) is 0 Å². The number of nitrogens with one attached hydrogen (secondary N) is 2. The smallest absolute Gasteiger partial charge is 0.209 e. The fourth-order valence-corrected chi connectivity index (χ4v) is 4.18. The van der Waals surface area contributed by atoms with Crippen LogP contribution in [0.5, 0.6) is 0 Å². The minimum atomic E-state index is -3.25. The van der Waals surface area contributed by atoms with Gasteiger partial charge in [-0.15, -0.1) is 0 Å². The van der Waals surface area contributed by atoms with E-state index in [2.05, 4.69) is 50.3 Å². The summed E-state index contributed by atoms with van der Waals surface area (Å²) < 4.78 is 25.6. The van der Waals surface area contributed by atoms with Crippen molar-refractivity contribution < 1.29 is 8.42 Å². The lowest BCUT2D eigenvalue weighted by atomic mass is 10.0. The highest BCUT2D eigenvalue weighted by atomic mass is 32.2. The monoisotopic (exact) mass is 378 g/mol. The summed E-state index contributed by atoms with van der Waals surface area (Å²) in [7, 11) is -1.49. The number of hydrogen-bond donors (Lipinski definition) is 2. The Labute approximate surface area is 157 Å². The summed E-state index contributed by atoms with van der Waals surface area (Å²) in [6.07, 6.45) is 5.45. The Kier molecular flexibility index (Phi) is 6.83. The molecular formula is C19H30N4O2S. The molecule has 1 heterocycles. The first-order valence-electron chi connectivity index (χ1n) is 8.87. The quantitative estimate of drug-likeness (QED) is 0.608. The molecule has 2 rings (SSSR count). The summed E-state index contributed by atoms with van der Waals surface area (Å²) >= 11 is 0. The average Bonchev–Trinajstić information content (AvgIpc) is 2.55. The Bertz CT molecular complexity index is 745. The molecule has 0 amide bonds. The first-order valence-corrected chi connectivity index (χ1v) is 10.8. The third-order valence-electron chi connectivity index (χ3n) is 4.24. The van der Waals surface area contributed by atoms with E-state index in [0.717, 1.165) is 31.9 Å². The van der Waals surface area contributed by atoms with Crippen LogP contribution >= 0.6 is 0 Å². The average molecular weight is 379 g/mol. The number of guanidine groups is 1. The van der Waals surface area contributed by atoms with Crippen molar-refractivity contribution in [2.24, 2.45) is 4.99 Å². The Morgan fingerprint density at radius 2 is 1.85 bits per heavy atom. The third-order valence-corrected chi connectivity index (χ3v) is 5.16. The van der Waals surface area contributed by atoms with Crippen molar-refractivity contribution in [2.75, 3.05) is 32.9 Å². The molecule has 1 fully saturated rings. The van der Waals surface area contributed by atoms with Crippen molar-refractivity contribution in [3.63, 3.8) is 0 Å². The summed E-state index contributed by atoms with van der Waals surface area (Å²) in [6, 6.07) is 10.4. The number of nitrogens with zero attached hydrogens (tertiary/aromatic N) is 2. The number of rotatable bonds is 5. The maximum absolute atomic E-state index is 11.5. The van der Waals surface area contributed by atoms with Crippen LogP contribution in [0.4, 0.5) is 0 Å². The van der Waals surface area contributed by atoms with Gasteiger partial charge in [-0.05, 0) is 32.3 Å². The Balaban J connectivity index is 1.89. The minimum Gasteiger partial charge on any atom is -0.354 e. The van der Waals surface area contributed by atoms with E-state index < -0.39 is 15.6 Å². The Hall–Kier alpha value is -1.86. The maximum Gasteiger partial charge on any atom is 0.209 e. The van der Waals surface area contributed by atoms with Gasteiger partial charge in [0.2, 0.25) is 10.0 Å². The number of aliphatic imine (C=N–C) groups is 1. The third kappa shape index (κ3) is 6.80. The molecule has 1 aliphatic heterocycles. The first kappa shape index (κ1) is 20.5. The summed E-state index contributed by atoms with van der Waals surface area (Å²) in [6.45, 7) is 5.98. The molecule has 26 heavy (non-hydrogen) atoms. The molecule has 0 bridgehead atoms. The second kappa shape index (κ2) is 8.68. The second-order valence-corrected chi connectivity index (χ2v) is 9.11. The highest BCUT2D eigenvalue weighted by Gasteiger charge is 2.24. The topological polar surface area (TPSA) is 73.8 Å². The van der Waals surface area contributed by atoms with Gasteiger partial charge in [0.1, 0.15) is 0 Å². The van der Waals surface area contributed by atoms with Gasteiger partial charge in [0, 0.05) is 32.2 Å². The fraction of sp³-hybridized carbons (Fsp3) is 0.526. The number of sulfonamides is 1. The molecule has 1 aliphatic rings. The van der Waals surface area contributed by atoms with Crippen molar-refractivity contribution in [3.05, 3.63) is 41.5 Å². The van der Waals surface area contributed by atoms with Crippen LogP contribution in [0.1, 0.15) is 32.3 Å². The van der Waals surface area contributed by atoms with Gasteiger partial charge in [0.15, 0.2) is 5.96 Å². The molecule has 0 unspecified atom stereocenters. The molecule has 0 spiro atoms. The van der Waals surface area contributed by atoms with Gasteiger partial charge < -0.3 is 10.2 Å². The predicted molar refractivity (Wildman–Crippen MR) is 109 cm³/mol. The zero-order chi connectivity index (χ0) is 19.2. The number of piperidine rings is 1. The van der Waals surface area contributed by atoms with Crippen molar-refractivity contribution in [1.82, 2.24) is 14.9 Å². The summed E-state index contributed by atoms with van der Waals surface area (Å²) in [4.78, 5) is 6.58. The molecule has 1 aromatic rings. The summed E-state index contributed by atoms with van der Waals surface area (Å²) in [5.74, 6) is 0.812. The van der Waals surface area contributed by atoms with Crippen LogP contribution in [-0.4, -0.2) is 57.8 Å². The van der Waals surface area contributed by atoms with Gasteiger partial charge in [0.25, 0.3) is 0 Å². The molecule has 0 atom stereocenters. The molecule has 0 saturated carbocycles. The minimum absolute atomic E-state index is 0.468. The maximum atomic E-state index is 11.5. The zero-order valence-electron chi connectivity index (χ0n) is 16.1. The van der Waals surface area contributed by atoms with Gasteiger partial charge in [-0.1, -0.05) is 42.0 Å². The molecule has 144 valence electrons. The van der Waals surface area contributed by atoms with Crippen molar-refractivity contribution in [1.29, 1.82) is 0 Å². The SMILES string of the molecule is CN=C(NCC(C)(C)NS(C)(=O)=O)N1CCC(=Cc2ccccc2)CC1. The summed E-state index contributed by atoms with van der Waals surface area (Å²) in [5, 5.41) is 3.30. The predicted octanol–water partition coefficient (Wildman–Crippen LogP) is 2.07. The molecule has 6 nitrogen and oxygen atoms in total. The van der Waals surface area contributed by atoms with E-state index in [0.29, 0.717) is 6.54 Å². The zero-order valence-corrected chi connectivity index (χ0v) is 16.9. The Morgan fingerprint density at radius 3 is 2.38 bits per heavy atom. The van der Waals surface area contributed by atoms with E-state index in [-0.39, 0.29) is 0 Å². The first-order chi connectivity index (χ1) is 12.2. The van der Waals surface area contributed by atoms with Crippen molar-refractivity contribution >= 4 is 22.1 Å². The number of hydrogen-bond acceptors (Lipinski definition) is 3. The van der Waals surface area contributed by atoms with E-state index in [1.54, 1.807) is 7.05 Å². The second-order valence-electron chi connectivity index (χ2n) is 7.36. The van der Waals surface area contributed by atoms with Gasteiger partial charge in [-0.2, -0.15) is 0 Å². The molecule has 0 aliphatic carbocycles. The van der Waals surface area contributed by atoms with Crippen molar-refractivity contribution in [2.45, 2.75) is 32.2 Å². The molecule has 0 radical (unpaired) electrons. The Morgan fingerprint density at radius 1 is 1.23 bits per heavy atom. The molecule has 1 saturated heterocycles. The van der Waals surface area contributed by atoms with Crippen LogP contribution in [0, 0.1) is 0 Å². The van der Waals surface area contributed by atoms with E-state index >= 15 is 0 Å². The molecule has 2 N–H and O–H groups in total. The van der Waals surface area contributed by atoms with Crippen LogP contribution in [-0.2, 0) is 10.0 Å². The normalized spacial score (nSPS) is 16.5. The summed E-state index contributed by atoms with van der Waals surface area (Å²) in [5.41, 5.74) is 2.10. The molecule has 1 aromatic carbocycles. The van der Waals surface area contributed by atoms with Gasteiger partial charge in [-0.25, -0.2) is 13.1 Å². The number of likely N-dealkylation sites (tertiary alicyclic amines) is 1. The molecular weight excluding hydrogens is 348 g/mol. The lowest BCUT2D eigenvalue weighted by molar-refractivity contribution is 0.365. The van der Waals surface area contributed by atoms with Crippen molar-refractivity contribution in [3.8, 4) is 0 Å². The number of benzene rings is 1. The lowest BCUT2D eigenvalue weighted by Gasteiger charge is -2.33. The van der Waals surface area contributed by atoms with Gasteiger partial charge in [-0.3, -0.25) is 4.99 Å². The van der Waals surface area contributed by atoms with E-state index in [9.17, 15) is 8.42 Å².